The molecule has 2 aromatic carbocycles. The number of fused-ring (bicyclic) bond motifs is 2. The fourth-order valence-electron chi connectivity index (χ4n) is 7.15. The number of rotatable bonds is 6. The van der Waals surface area contributed by atoms with E-state index in [1.165, 1.54) is 33.6 Å². The molecule has 2 aliphatic rings. The number of hydrogen-bond acceptors (Lipinski definition) is 6. The quantitative estimate of drug-likeness (QED) is 0.260. The van der Waals surface area contributed by atoms with Crippen molar-refractivity contribution >= 4 is 22.4 Å². The molecule has 0 radical (unpaired) electrons. The number of aryl methyl sites for hydroxylation is 1. The van der Waals surface area contributed by atoms with Crippen molar-refractivity contribution in [2.75, 3.05) is 23.5 Å². The maximum absolute atomic E-state index is 5.84. The van der Waals surface area contributed by atoms with E-state index in [0.717, 1.165) is 60.5 Å². The number of methoxy groups -OCH3 is 1. The molecule has 3 atom stereocenters. The molecule has 0 unspecified atom stereocenters. The maximum atomic E-state index is 5.84. The molecule has 222 valence electrons. The first-order valence-corrected chi connectivity index (χ1v) is 15.7. The van der Waals surface area contributed by atoms with Gasteiger partial charge in [-0.3, -0.25) is 5.10 Å². The molecule has 0 saturated carbocycles. The number of nitrogens with one attached hydrogen (secondary N) is 1. The highest BCUT2D eigenvalue weighted by Crippen LogP contribution is 2.40. The molecule has 7 heteroatoms. The van der Waals surface area contributed by atoms with Crippen molar-refractivity contribution in [3.05, 3.63) is 64.5 Å². The zero-order chi connectivity index (χ0) is 29.7. The van der Waals surface area contributed by atoms with Crippen LogP contribution in [0.15, 0.2) is 36.5 Å². The Hall–Kier alpha value is -3.45. The number of ether oxygens (including phenoxy) is 1. The topological polar surface area (TPSA) is 70.2 Å². The fraction of sp³-hybridized carbons (Fsp3) is 0.514. The van der Waals surface area contributed by atoms with Gasteiger partial charge >= 0.3 is 0 Å². The van der Waals surface area contributed by atoms with E-state index in [1.54, 1.807) is 0 Å². The summed E-state index contributed by atoms with van der Waals surface area (Å²) in [5.41, 5.74) is 9.84. The Bertz CT molecular complexity index is 1580. The Morgan fingerprint density at radius 3 is 2.43 bits per heavy atom. The van der Waals surface area contributed by atoms with Crippen LogP contribution in [0.2, 0.25) is 0 Å². The van der Waals surface area contributed by atoms with Crippen LogP contribution in [0.25, 0.3) is 22.3 Å². The van der Waals surface area contributed by atoms with Gasteiger partial charge in [-0.05, 0) is 74.3 Å². The van der Waals surface area contributed by atoms with Crippen molar-refractivity contribution in [2.24, 2.45) is 0 Å². The second-order valence-electron chi connectivity index (χ2n) is 13.1. The number of piperidine rings is 1. The van der Waals surface area contributed by atoms with Crippen molar-refractivity contribution in [1.29, 1.82) is 0 Å². The number of anilines is 2. The summed E-state index contributed by atoms with van der Waals surface area (Å²) >= 11 is 0. The first kappa shape index (κ1) is 28.7. The van der Waals surface area contributed by atoms with Gasteiger partial charge in [0.1, 0.15) is 5.82 Å². The van der Waals surface area contributed by atoms with Crippen molar-refractivity contribution in [2.45, 2.75) is 104 Å². The van der Waals surface area contributed by atoms with E-state index in [0.29, 0.717) is 23.9 Å². The number of aromatic amines is 1. The second-order valence-corrected chi connectivity index (χ2v) is 13.1. The van der Waals surface area contributed by atoms with Crippen molar-refractivity contribution in [3.8, 4) is 11.4 Å². The maximum Gasteiger partial charge on any atom is 0.162 e. The van der Waals surface area contributed by atoms with E-state index >= 15 is 0 Å². The van der Waals surface area contributed by atoms with Crippen LogP contribution in [0.1, 0.15) is 94.2 Å². The molecule has 2 aromatic heterocycles. The summed E-state index contributed by atoms with van der Waals surface area (Å²) in [6.45, 7) is 17.7. The van der Waals surface area contributed by atoms with Crippen molar-refractivity contribution < 1.29 is 4.74 Å². The van der Waals surface area contributed by atoms with Crippen LogP contribution in [0.3, 0.4) is 0 Å². The average molecular weight is 567 g/mol. The standard InChI is InChI=1S/C35H46N6O/c1-20(2)25-10-9-22(5)32(17-25)40-14-13-30-29(19-40)35(41-23(6)15-26(42-8)16-24(41)7)38-34(37-30)33-27(21(3)4)11-12-31-28(33)18-36-39-31/h9-12,17-18,20-21,23-24,26H,13-16,19H2,1-8H3,(H,36,39)/t23-,24+,26+. The number of benzene rings is 2. The third-order valence-electron chi connectivity index (χ3n) is 9.52. The predicted octanol–water partition coefficient (Wildman–Crippen LogP) is 7.53. The van der Waals surface area contributed by atoms with E-state index in [4.69, 9.17) is 14.7 Å². The van der Waals surface area contributed by atoms with Crippen molar-refractivity contribution in [3.63, 3.8) is 0 Å². The molecule has 42 heavy (non-hydrogen) atoms. The summed E-state index contributed by atoms with van der Waals surface area (Å²) in [6.07, 6.45) is 5.07. The van der Waals surface area contributed by atoms with Gasteiger partial charge in [-0.2, -0.15) is 5.10 Å². The lowest BCUT2D eigenvalue weighted by Gasteiger charge is -2.45. The smallest absolute Gasteiger partial charge is 0.162 e. The molecule has 6 rings (SSSR count). The van der Waals surface area contributed by atoms with Crippen LogP contribution in [-0.4, -0.2) is 52.0 Å². The number of hydrogen-bond donors (Lipinski definition) is 1. The van der Waals surface area contributed by atoms with Gasteiger partial charge in [0, 0.05) is 60.9 Å². The van der Waals surface area contributed by atoms with Gasteiger partial charge in [0.05, 0.1) is 23.5 Å². The minimum atomic E-state index is 0.272. The largest absolute Gasteiger partial charge is 0.381 e. The third-order valence-corrected chi connectivity index (χ3v) is 9.52. The number of H-pyrrole nitrogens is 1. The molecule has 0 aliphatic carbocycles. The molecule has 1 saturated heterocycles. The molecule has 2 aliphatic heterocycles. The minimum absolute atomic E-state index is 0.272. The van der Waals surface area contributed by atoms with Crippen molar-refractivity contribution in [1.82, 2.24) is 20.2 Å². The van der Waals surface area contributed by atoms with E-state index in [2.05, 4.69) is 98.8 Å². The lowest BCUT2D eigenvalue weighted by molar-refractivity contribution is 0.0611. The Balaban J connectivity index is 1.52. The van der Waals surface area contributed by atoms with Crippen LogP contribution >= 0.6 is 0 Å². The zero-order valence-electron chi connectivity index (χ0n) is 26.5. The summed E-state index contributed by atoms with van der Waals surface area (Å²) in [7, 11) is 1.84. The highest BCUT2D eigenvalue weighted by molar-refractivity contribution is 5.95. The molecule has 0 spiro atoms. The second kappa shape index (κ2) is 11.3. The first-order valence-electron chi connectivity index (χ1n) is 15.7. The van der Waals surface area contributed by atoms with E-state index in [1.807, 2.05) is 13.3 Å². The molecule has 4 aromatic rings. The zero-order valence-corrected chi connectivity index (χ0v) is 26.5. The molecule has 0 bridgehead atoms. The summed E-state index contributed by atoms with van der Waals surface area (Å²) in [6, 6.07) is 11.9. The van der Waals surface area contributed by atoms with E-state index in [-0.39, 0.29) is 6.10 Å². The summed E-state index contributed by atoms with van der Waals surface area (Å²) < 4.78 is 5.84. The molecule has 7 nitrogen and oxygen atoms in total. The minimum Gasteiger partial charge on any atom is -0.381 e. The first-order chi connectivity index (χ1) is 20.2. The highest BCUT2D eigenvalue weighted by atomic mass is 16.5. The molecule has 1 fully saturated rings. The summed E-state index contributed by atoms with van der Waals surface area (Å²) in [4.78, 5) is 16.0. The summed E-state index contributed by atoms with van der Waals surface area (Å²) in [5.74, 6) is 2.73. The summed E-state index contributed by atoms with van der Waals surface area (Å²) in [5, 5.41) is 8.64. The molecular weight excluding hydrogens is 520 g/mol. The van der Waals surface area contributed by atoms with Crippen LogP contribution in [0.4, 0.5) is 11.5 Å². The third kappa shape index (κ3) is 5.06. The van der Waals surface area contributed by atoms with Crippen LogP contribution < -0.4 is 9.80 Å². The predicted molar refractivity (Wildman–Crippen MR) is 173 cm³/mol. The van der Waals surface area contributed by atoms with Gasteiger partial charge in [0.2, 0.25) is 0 Å². The van der Waals surface area contributed by atoms with Gasteiger partial charge in [0.25, 0.3) is 0 Å². The Morgan fingerprint density at radius 1 is 0.976 bits per heavy atom. The highest BCUT2D eigenvalue weighted by Gasteiger charge is 2.36. The lowest BCUT2D eigenvalue weighted by atomic mass is 9.92. The SMILES string of the molecule is CO[C@H]1C[C@@H](C)N(c2nc(-c3c(C(C)C)ccc4[nH]ncc34)nc3c2CN(c2cc(C(C)C)ccc2C)CC3)[C@@H](C)C1. The normalized spacial score (nSPS) is 21.0. The molecule has 0 amide bonds. The Morgan fingerprint density at radius 2 is 1.74 bits per heavy atom. The Kier molecular flexibility index (Phi) is 7.73. The Labute approximate surface area is 250 Å². The van der Waals surface area contributed by atoms with Gasteiger partial charge < -0.3 is 14.5 Å². The molecule has 4 heterocycles. The monoisotopic (exact) mass is 566 g/mol. The van der Waals surface area contributed by atoms with Gasteiger partial charge in [0.15, 0.2) is 5.82 Å². The molecule has 1 N–H and O–H groups in total. The number of aromatic nitrogens is 4. The van der Waals surface area contributed by atoms with Gasteiger partial charge in [-0.25, -0.2) is 9.97 Å². The van der Waals surface area contributed by atoms with Crippen LogP contribution in [0, 0.1) is 6.92 Å². The van der Waals surface area contributed by atoms with E-state index < -0.39 is 0 Å². The average Bonchev–Trinajstić information content (AvgIpc) is 3.45. The van der Waals surface area contributed by atoms with E-state index in [9.17, 15) is 0 Å². The van der Waals surface area contributed by atoms with Gasteiger partial charge in [-0.15, -0.1) is 0 Å². The lowest BCUT2D eigenvalue weighted by Crippen LogP contribution is -2.50. The molecular formula is C35H46N6O. The number of nitrogens with zero attached hydrogens (tertiary/aromatic N) is 5. The fourth-order valence-corrected chi connectivity index (χ4v) is 7.15. The van der Waals surface area contributed by atoms with Gasteiger partial charge in [-0.1, -0.05) is 45.9 Å². The van der Waals surface area contributed by atoms with Crippen LogP contribution in [-0.2, 0) is 17.7 Å². The van der Waals surface area contributed by atoms with Crippen LogP contribution in [0.5, 0.6) is 0 Å².